The summed E-state index contributed by atoms with van der Waals surface area (Å²) < 4.78 is 45.6. The number of rotatable bonds is 3. The first kappa shape index (κ1) is 12.0. The fourth-order valence-electron chi connectivity index (χ4n) is 1.18. The predicted octanol–water partition coefficient (Wildman–Crippen LogP) is 0.184. The van der Waals surface area contributed by atoms with E-state index >= 15 is 0 Å². The van der Waals surface area contributed by atoms with E-state index in [1.807, 2.05) is 0 Å². The van der Waals surface area contributed by atoms with E-state index in [1.165, 1.54) is 11.8 Å². The second kappa shape index (κ2) is 3.84. The molecule has 1 aliphatic rings. The molecular formula is C6H11NO4S3. The van der Waals surface area contributed by atoms with E-state index in [0.29, 0.717) is 10.1 Å². The highest BCUT2D eigenvalue weighted by Gasteiger charge is 2.35. The second-order valence-corrected chi connectivity index (χ2v) is 7.99. The van der Waals surface area contributed by atoms with Gasteiger partial charge in [0.25, 0.3) is 0 Å². The van der Waals surface area contributed by atoms with Gasteiger partial charge >= 0.3 is 0 Å². The van der Waals surface area contributed by atoms with Gasteiger partial charge in [-0.1, -0.05) is 9.79 Å². The molecule has 8 heteroatoms. The van der Waals surface area contributed by atoms with Crippen LogP contribution in [0.1, 0.15) is 6.42 Å². The Morgan fingerprint density at radius 3 is 2.00 bits per heavy atom. The highest BCUT2D eigenvalue weighted by atomic mass is 32.3. The first-order valence-electron chi connectivity index (χ1n) is 3.73. The topological polar surface area (TPSA) is 71.5 Å². The summed E-state index contributed by atoms with van der Waals surface area (Å²) in [5.74, 6) is 0. The maximum Gasteiger partial charge on any atom is 0.225 e. The summed E-state index contributed by atoms with van der Waals surface area (Å²) in [5.41, 5.74) is 0. The van der Waals surface area contributed by atoms with Crippen molar-refractivity contribution in [3.05, 3.63) is 11.5 Å². The molecule has 0 radical (unpaired) electrons. The average molecular weight is 257 g/mol. The normalized spacial score (nSPS) is 23.2. The van der Waals surface area contributed by atoms with Crippen LogP contribution in [0.15, 0.2) is 11.5 Å². The zero-order valence-electron chi connectivity index (χ0n) is 7.74. The highest BCUT2D eigenvalue weighted by Crippen LogP contribution is 2.30. The van der Waals surface area contributed by atoms with Crippen LogP contribution in [0, 0.1) is 0 Å². The molecule has 82 valence electrons. The lowest BCUT2D eigenvalue weighted by Crippen LogP contribution is -2.40. The van der Waals surface area contributed by atoms with Crippen LogP contribution in [0.25, 0.3) is 0 Å². The van der Waals surface area contributed by atoms with Crippen LogP contribution in [-0.2, 0) is 20.0 Å². The van der Waals surface area contributed by atoms with Gasteiger partial charge in [0.1, 0.15) is 0 Å². The Kier molecular flexibility index (Phi) is 3.30. The molecule has 14 heavy (non-hydrogen) atoms. The average Bonchev–Trinajstić information content (AvgIpc) is 2.31. The molecule has 0 aliphatic carbocycles. The summed E-state index contributed by atoms with van der Waals surface area (Å²) in [6, 6.07) is 0. The van der Waals surface area contributed by atoms with Crippen LogP contribution in [-0.4, -0.2) is 38.4 Å². The quantitative estimate of drug-likeness (QED) is 0.721. The molecule has 0 N–H and O–H groups in total. The van der Waals surface area contributed by atoms with Crippen molar-refractivity contribution in [2.24, 2.45) is 0 Å². The van der Waals surface area contributed by atoms with Crippen LogP contribution < -0.4 is 0 Å². The van der Waals surface area contributed by atoms with Crippen LogP contribution in [0.5, 0.6) is 0 Å². The smallest absolute Gasteiger partial charge is 0.211 e. The zero-order valence-corrected chi connectivity index (χ0v) is 10.2. The third-order valence-electron chi connectivity index (χ3n) is 1.56. The van der Waals surface area contributed by atoms with Crippen LogP contribution in [0.2, 0.25) is 0 Å². The lowest BCUT2D eigenvalue weighted by atomic mass is 10.4. The van der Waals surface area contributed by atoms with Gasteiger partial charge in [-0.15, -0.1) is 11.8 Å². The Morgan fingerprint density at radius 1 is 1.21 bits per heavy atom. The third kappa shape index (κ3) is 2.72. The van der Waals surface area contributed by atoms with Gasteiger partial charge in [-0.05, 0) is 11.8 Å². The van der Waals surface area contributed by atoms with Crippen molar-refractivity contribution in [3.63, 3.8) is 0 Å². The van der Waals surface area contributed by atoms with Crippen molar-refractivity contribution in [3.8, 4) is 0 Å². The molecular weight excluding hydrogens is 246 g/mol. The Balaban J connectivity index is 3.07. The zero-order chi connectivity index (χ0) is 11.0. The van der Waals surface area contributed by atoms with Crippen molar-refractivity contribution in [1.82, 2.24) is 3.71 Å². The minimum absolute atomic E-state index is 0.421. The summed E-state index contributed by atoms with van der Waals surface area (Å²) >= 11 is 1.19. The Morgan fingerprint density at radius 2 is 1.71 bits per heavy atom. The Hall–Kier alpha value is -0.0500. The van der Waals surface area contributed by atoms with Gasteiger partial charge in [0.2, 0.25) is 20.0 Å². The van der Waals surface area contributed by atoms with E-state index in [1.54, 1.807) is 11.5 Å². The predicted molar refractivity (Wildman–Crippen MR) is 56.7 cm³/mol. The maximum absolute atomic E-state index is 11.3. The van der Waals surface area contributed by atoms with Crippen molar-refractivity contribution in [2.45, 2.75) is 11.8 Å². The van der Waals surface area contributed by atoms with Crippen molar-refractivity contribution in [2.75, 3.05) is 12.5 Å². The molecule has 0 aromatic rings. The standard InChI is InChI=1S/C6H11NO4S3/c1-13(8,9)7(14(2,10)11)6-4-3-5-12-6/h3,5-6H,4H2,1-2H3. The minimum atomic E-state index is -3.72. The summed E-state index contributed by atoms with van der Waals surface area (Å²) in [5, 5.41) is 1.15. The summed E-state index contributed by atoms with van der Waals surface area (Å²) in [4.78, 5) is 0. The summed E-state index contributed by atoms with van der Waals surface area (Å²) in [6.07, 6.45) is 3.96. The van der Waals surface area contributed by atoms with Crippen molar-refractivity contribution < 1.29 is 16.8 Å². The Bertz CT molecular complexity index is 396. The molecule has 0 fully saturated rings. The minimum Gasteiger partial charge on any atom is -0.211 e. The van der Waals surface area contributed by atoms with Crippen molar-refractivity contribution >= 4 is 31.8 Å². The fourth-order valence-corrected chi connectivity index (χ4v) is 6.14. The molecule has 1 unspecified atom stereocenters. The number of thioether (sulfide) groups is 1. The third-order valence-corrected chi connectivity index (χ3v) is 6.33. The van der Waals surface area contributed by atoms with E-state index in [2.05, 4.69) is 0 Å². The molecule has 0 aromatic heterocycles. The molecule has 1 heterocycles. The summed E-state index contributed by atoms with van der Waals surface area (Å²) in [7, 11) is -7.44. The van der Waals surface area contributed by atoms with Gasteiger partial charge in [0, 0.05) is 0 Å². The SMILES string of the molecule is CS(=O)(=O)N(C1CC=CS1)S(C)(=O)=O. The van der Waals surface area contributed by atoms with Gasteiger partial charge in [0.05, 0.1) is 17.9 Å². The van der Waals surface area contributed by atoms with E-state index in [-0.39, 0.29) is 0 Å². The molecule has 1 atom stereocenters. The summed E-state index contributed by atoms with van der Waals surface area (Å²) in [6.45, 7) is 0. The van der Waals surface area contributed by atoms with Gasteiger partial charge in [-0.3, -0.25) is 0 Å². The molecule has 1 rings (SSSR count). The molecule has 1 aliphatic heterocycles. The van der Waals surface area contributed by atoms with Crippen LogP contribution >= 0.6 is 11.8 Å². The first-order valence-corrected chi connectivity index (χ1v) is 8.37. The second-order valence-electron chi connectivity index (χ2n) is 2.95. The molecule has 0 spiro atoms. The molecule has 0 bridgehead atoms. The van der Waals surface area contributed by atoms with Gasteiger partial charge in [-0.2, -0.15) is 0 Å². The molecule has 5 nitrogen and oxygen atoms in total. The first-order chi connectivity index (χ1) is 6.23. The lowest BCUT2D eigenvalue weighted by Gasteiger charge is -2.22. The molecule has 0 saturated heterocycles. The van der Waals surface area contributed by atoms with E-state index in [9.17, 15) is 16.8 Å². The van der Waals surface area contributed by atoms with Gasteiger partial charge in [0.15, 0.2) is 0 Å². The lowest BCUT2D eigenvalue weighted by molar-refractivity contribution is 0.495. The number of sulfonamides is 2. The molecule has 0 saturated carbocycles. The molecule has 0 amide bonds. The van der Waals surface area contributed by atoms with Crippen molar-refractivity contribution in [1.29, 1.82) is 0 Å². The number of hydrogen-bond acceptors (Lipinski definition) is 5. The molecule has 0 aromatic carbocycles. The highest BCUT2D eigenvalue weighted by molar-refractivity contribution is 8.07. The Labute approximate surface area is 88.3 Å². The number of nitrogens with zero attached hydrogens (tertiary/aromatic N) is 1. The van der Waals surface area contributed by atoms with Gasteiger partial charge in [-0.25, -0.2) is 16.8 Å². The van der Waals surface area contributed by atoms with E-state index in [4.69, 9.17) is 0 Å². The fraction of sp³-hybridized carbons (Fsp3) is 0.667. The maximum atomic E-state index is 11.3. The van der Waals surface area contributed by atoms with Crippen LogP contribution in [0.3, 0.4) is 0 Å². The largest absolute Gasteiger partial charge is 0.225 e. The number of hydrogen-bond donors (Lipinski definition) is 0. The monoisotopic (exact) mass is 257 g/mol. The van der Waals surface area contributed by atoms with Gasteiger partial charge < -0.3 is 0 Å². The van der Waals surface area contributed by atoms with E-state index in [0.717, 1.165) is 12.5 Å². The van der Waals surface area contributed by atoms with Crippen LogP contribution in [0.4, 0.5) is 0 Å². The van der Waals surface area contributed by atoms with E-state index < -0.39 is 25.4 Å².